The Hall–Kier alpha value is -4.02. The molecule has 2 N–H and O–H groups in total. The number of alkyl halides is 3. The van der Waals surface area contributed by atoms with Crippen LogP contribution in [0.3, 0.4) is 0 Å². The van der Waals surface area contributed by atoms with Gasteiger partial charge < -0.3 is 25.0 Å². The first-order valence-corrected chi connectivity index (χ1v) is 11.2. The Morgan fingerprint density at radius 1 is 1.06 bits per heavy atom. The molecule has 3 aromatic rings. The molecule has 0 radical (unpaired) electrons. The topological polar surface area (TPSA) is 82.5 Å². The van der Waals surface area contributed by atoms with Gasteiger partial charge in [-0.2, -0.15) is 13.2 Å². The van der Waals surface area contributed by atoms with Gasteiger partial charge in [-0.1, -0.05) is 18.2 Å². The van der Waals surface area contributed by atoms with Crippen LogP contribution < -0.4 is 15.5 Å². The first-order chi connectivity index (χ1) is 16.8. The number of hydrogen-bond donors (Lipinski definition) is 2. The third kappa shape index (κ3) is 4.66. The Bertz CT molecular complexity index is 1260. The minimum atomic E-state index is -4.57. The lowest BCUT2D eigenvalue weighted by molar-refractivity contribution is -0.137. The van der Waals surface area contributed by atoms with Crippen LogP contribution in [-0.2, 0) is 23.9 Å². The molecule has 8 nitrogen and oxygen atoms in total. The van der Waals surface area contributed by atoms with Crippen LogP contribution in [0.25, 0.3) is 5.69 Å². The average Bonchev–Trinajstić information content (AvgIpc) is 3.27. The Kier molecular flexibility index (Phi) is 5.83. The first-order valence-electron chi connectivity index (χ1n) is 11.2. The van der Waals surface area contributed by atoms with E-state index in [1.165, 1.54) is 11.0 Å². The summed E-state index contributed by atoms with van der Waals surface area (Å²) >= 11 is 0. The van der Waals surface area contributed by atoms with Crippen molar-refractivity contribution in [3.8, 4) is 5.69 Å². The second-order valence-electron chi connectivity index (χ2n) is 8.45. The number of carbonyl (C=O) groups excluding carboxylic acids is 2. The number of carbonyl (C=O) groups is 2. The summed E-state index contributed by atoms with van der Waals surface area (Å²) in [4.78, 5) is 32.6. The largest absolute Gasteiger partial charge is 0.416 e. The van der Waals surface area contributed by atoms with Crippen molar-refractivity contribution in [1.82, 2.24) is 19.8 Å². The second-order valence-corrected chi connectivity index (χ2v) is 8.45. The number of hydrogen-bond acceptors (Lipinski definition) is 4. The molecule has 1 aromatic heterocycles. The van der Waals surface area contributed by atoms with Gasteiger partial charge in [-0.25, -0.2) is 9.78 Å². The van der Waals surface area contributed by atoms with Crippen LogP contribution >= 0.6 is 0 Å². The van der Waals surface area contributed by atoms with Crippen molar-refractivity contribution in [3.05, 3.63) is 71.8 Å². The second kappa shape index (κ2) is 8.97. The van der Waals surface area contributed by atoms with Gasteiger partial charge in [0.15, 0.2) is 0 Å². The maximum Gasteiger partial charge on any atom is 0.416 e. The molecule has 2 aromatic carbocycles. The highest BCUT2D eigenvalue weighted by atomic mass is 19.4. The molecule has 0 aliphatic carbocycles. The van der Waals surface area contributed by atoms with E-state index in [2.05, 4.69) is 15.6 Å². The van der Waals surface area contributed by atoms with Gasteiger partial charge in [-0.15, -0.1) is 0 Å². The van der Waals surface area contributed by atoms with Crippen molar-refractivity contribution >= 4 is 23.3 Å². The fourth-order valence-corrected chi connectivity index (χ4v) is 4.42. The monoisotopic (exact) mass is 484 g/mol. The minimum absolute atomic E-state index is 0.00176. The van der Waals surface area contributed by atoms with E-state index in [-0.39, 0.29) is 24.7 Å². The zero-order valence-corrected chi connectivity index (χ0v) is 18.7. The van der Waals surface area contributed by atoms with Gasteiger partial charge in [-0.05, 0) is 30.3 Å². The van der Waals surface area contributed by atoms with Crippen molar-refractivity contribution in [1.29, 1.82) is 0 Å². The van der Waals surface area contributed by atoms with Crippen LogP contribution in [0.15, 0.2) is 54.9 Å². The highest BCUT2D eigenvalue weighted by molar-refractivity contribution is 5.94. The summed E-state index contributed by atoms with van der Waals surface area (Å²) in [6, 6.07) is 12.4. The molecule has 182 valence electrons. The van der Waals surface area contributed by atoms with Crippen LogP contribution in [0.4, 0.5) is 29.3 Å². The van der Waals surface area contributed by atoms with Crippen molar-refractivity contribution in [2.24, 2.45) is 0 Å². The molecule has 11 heteroatoms. The normalized spacial score (nSPS) is 16.0. The predicted octanol–water partition coefficient (Wildman–Crippen LogP) is 3.42. The number of para-hydroxylation sites is 1. The van der Waals surface area contributed by atoms with Gasteiger partial charge in [0.25, 0.3) is 0 Å². The number of fused-ring (bicyclic) bond motifs is 1. The van der Waals surface area contributed by atoms with Crippen molar-refractivity contribution < 1.29 is 22.8 Å². The third-order valence-electron chi connectivity index (χ3n) is 6.18. The molecule has 5 rings (SSSR count). The molecule has 35 heavy (non-hydrogen) atoms. The number of nitrogens with one attached hydrogen (secondary N) is 2. The number of anilines is 2. The van der Waals surface area contributed by atoms with Gasteiger partial charge in [0.1, 0.15) is 0 Å². The summed E-state index contributed by atoms with van der Waals surface area (Å²) in [6.45, 7) is 1.41. The van der Waals surface area contributed by atoms with Crippen LogP contribution in [0.2, 0.25) is 0 Å². The van der Waals surface area contributed by atoms with E-state index >= 15 is 0 Å². The molecule has 0 atom stereocenters. The average molecular weight is 484 g/mol. The van der Waals surface area contributed by atoms with E-state index in [4.69, 9.17) is 0 Å². The number of nitrogens with zero attached hydrogens (tertiary/aromatic N) is 4. The van der Waals surface area contributed by atoms with Crippen molar-refractivity contribution in [3.63, 3.8) is 0 Å². The standard InChI is InChI=1S/C24H23F3N6O2/c25-24(26,27)16-6-7-20(31-11-9-28-22(34)14-31)18(12-16)30-23(35)32-10-8-21-19(13-32)29-15-33(21)17-4-2-1-3-5-17/h1-7,12,15H,8-11,13-14H2,(H,28,34)(H,30,35). The fourth-order valence-electron chi connectivity index (χ4n) is 4.42. The SMILES string of the molecule is O=C1CN(c2ccc(C(F)(F)F)cc2NC(=O)N2CCc3c(ncn3-c3ccccc3)C2)CCN1. The number of benzene rings is 2. The Morgan fingerprint density at radius 2 is 1.86 bits per heavy atom. The maximum absolute atomic E-state index is 13.4. The lowest BCUT2D eigenvalue weighted by Crippen LogP contribution is -2.48. The molecule has 0 bridgehead atoms. The summed E-state index contributed by atoms with van der Waals surface area (Å²) < 4.78 is 42.2. The minimum Gasteiger partial charge on any atom is -0.359 e. The van der Waals surface area contributed by atoms with Gasteiger partial charge in [0.05, 0.1) is 42.0 Å². The van der Waals surface area contributed by atoms with Crippen molar-refractivity contribution in [2.75, 3.05) is 36.4 Å². The van der Waals surface area contributed by atoms with Crippen molar-refractivity contribution in [2.45, 2.75) is 19.1 Å². The molecule has 0 saturated carbocycles. The first kappa shape index (κ1) is 22.8. The Morgan fingerprint density at radius 3 is 2.60 bits per heavy atom. The van der Waals surface area contributed by atoms with Gasteiger partial charge in [-0.3, -0.25) is 4.79 Å². The van der Waals surface area contributed by atoms with E-state index in [9.17, 15) is 22.8 Å². The lowest BCUT2D eigenvalue weighted by Gasteiger charge is -2.32. The summed E-state index contributed by atoms with van der Waals surface area (Å²) in [6.07, 6.45) is -2.30. The molecular weight excluding hydrogens is 461 g/mol. The van der Waals surface area contributed by atoms with Gasteiger partial charge in [0, 0.05) is 37.4 Å². The number of rotatable bonds is 3. The van der Waals surface area contributed by atoms with E-state index in [1.54, 1.807) is 11.2 Å². The highest BCUT2D eigenvalue weighted by Crippen LogP contribution is 2.36. The molecule has 0 spiro atoms. The smallest absolute Gasteiger partial charge is 0.359 e. The molecule has 1 fully saturated rings. The van der Waals surface area contributed by atoms with Crippen LogP contribution in [0.1, 0.15) is 17.0 Å². The maximum atomic E-state index is 13.4. The van der Waals surface area contributed by atoms with E-state index in [0.29, 0.717) is 31.7 Å². The summed E-state index contributed by atoms with van der Waals surface area (Å²) in [5.74, 6) is -0.231. The third-order valence-corrected chi connectivity index (χ3v) is 6.18. The van der Waals surface area contributed by atoms with Crippen LogP contribution in [0, 0.1) is 0 Å². The quantitative estimate of drug-likeness (QED) is 0.597. The Balaban J connectivity index is 1.38. The van der Waals surface area contributed by atoms with Gasteiger partial charge in [0.2, 0.25) is 5.91 Å². The predicted molar refractivity (Wildman–Crippen MR) is 123 cm³/mol. The lowest BCUT2D eigenvalue weighted by atomic mass is 10.1. The number of amides is 3. The highest BCUT2D eigenvalue weighted by Gasteiger charge is 2.33. The number of urea groups is 1. The number of aromatic nitrogens is 2. The van der Waals surface area contributed by atoms with E-state index < -0.39 is 17.8 Å². The molecular formula is C24H23F3N6O2. The summed E-state index contributed by atoms with van der Waals surface area (Å²) in [5, 5.41) is 5.34. The summed E-state index contributed by atoms with van der Waals surface area (Å²) in [5.41, 5.74) is 2.22. The van der Waals surface area contributed by atoms with E-state index in [1.807, 2.05) is 34.9 Å². The fraction of sp³-hybridized carbons (Fsp3) is 0.292. The number of imidazole rings is 1. The van der Waals surface area contributed by atoms with Crippen LogP contribution in [-0.4, -0.2) is 52.6 Å². The molecule has 1 saturated heterocycles. The zero-order valence-electron chi connectivity index (χ0n) is 18.7. The zero-order chi connectivity index (χ0) is 24.6. The molecule has 3 heterocycles. The molecule has 3 amide bonds. The Labute approximate surface area is 199 Å². The van der Waals surface area contributed by atoms with Gasteiger partial charge >= 0.3 is 12.2 Å². The number of halogens is 3. The molecule has 2 aliphatic heterocycles. The van der Waals surface area contributed by atoms with E-state index in [0.717, 1.165) is 29.2 Å². The molecule has 0 unspecified atom stereocenters. The molecule has 2 aliphatic rings. The van der Waals surface area contributed by atoms with Crippen LogP contribution in [0.5, 0.6) is 0 Å². The summed E-state index contributed by atoms with van der Waals surface area (Å²) in [7, 11) is 0. The number of piperazine rings is 1.